The normalized spacial score (nSPS) is 17.6. The minimum Gasteiger partial charge on any atom is -0.466 e. The number of furan rings is 1. The number of aliphatic imine (C=N–C) groups is 1. The number of primary amides is 1. The summed E-state index contributed by atoms with van der Waals surface area (Å²) in [6.07, 6.45) is 1.73. The van der Waals surface area contributed by atoms with Crippen LogP contribution in [0.5, 0.6) is 0 Å². The van der Waals surface area contributed by atoms with E-state index in [2.05, 4.69) is 10.3 Å². The highest BCUT2D eigenvalue weighted by molar-refractivity contribution is 14.0. The van der Waals surface area contributed by atoms with E-state index in [9.17, 15) is 9.59 Å². The van der Waals surface area contributed by atoms with Crippen molar-refractivity contribution in [1.29, 1.82) is 0 Å². The van der Waals surface area contributed by atoms with Gasteiger partial charge in [-0.25, -0.2) is 0 Å². The lowest BCUT2D eigenvalue weighted by Gasteiger charge is -2.33. The van der Waals surface area contributed by atoms with Crippen molar-refractivity contribution in [3.05, 3.63) is 23.7 Å². The number of nitrogens with zero attached hydrogens (tertiary/aromatic N) is 2. The number of carbonyl (C=O) groups excluding carboxylic acids is 2. The molecule has 1 saturated heterocycles. The number of likely N-dealkylation sites (tertiary alicyclic amines) is 1. The van der Waals surface area contributed by atoms with Crippen molar-refractivity contribution in [2.24, 2.45) is 16.6 Å². The molecule has 1 atom stereocenters. The van der Waals surface area contributed by atoms with E-state index in [4.69, 9.17) is 14.9 Å². The van der Waals surface area contributed by atoms with Crippen LogP contribution in [0.4, 0.5) is 0 Å². The van der Waals surface area contributed by atoms with Crippen molar-refractivity contribution in [3.63, 3.8) is 0 Å². The van der Waals surface area contributed by atoms with E-state index in [-0.39, 0.29) is 41.6 Å². The zero-order chi connectivity index (χ0) is 17.5. The van der Waals surface area contributed by atoms with Gasteiger partial charge in [0.15, 0.2) is 11.7 Å². The summed E-state index contributed by atoms with van der Waals surface area (Å²) in [6.45, 7) is 3.97. The molecule has 1 unspecified atom stereocenters. The molecule has 1 aliphatic rings. The van der Waals surface area contributed by atoms with E-state index >= 15 is 0 Å². The number of carbonyl (C=O) groups is 2. The Bertz CT molecular complexity index is 617. The van der Waals surface area contributed by atoms with Crippen molar-refractivity contribution in [3.8, 4) is 0 Å². The summed E-state index contributed by atoms with van der Waals surface area (Å²) in [4.78, 5) is 29.3. The van der Waals surface area contributed by atoms with Gasteiger partial charge in [0.25, 0.3) is 5.91 Å². The minimum absolute atomic E-state index is 0. The van der Waals surface area contributed by atoms with Crippen LogP contribution >= 0.6 is 24.0 Å². The quantitative estimate of drug-likeness (QED) is 0.295. The standard InChI is InChI=1S/C16H24N4O4.HI/c1-3-23-15(22)11-5-4-8-20(10-11)16(18-2)19-9-12-6-7-13(24-12)14(17)21;/h6-7,11H,3-5,8-10H2,1-2H3,(H2,17,21)(H,18,19);1H. The Balaban J connectivity index is 0.00000312. The van der Waals surface area contributed by atoms with Crippen LogP contribution in [0.25, 0.3) is 0 Å². The van der Waals surface area contributed by atoms with Crippen molar-refractivity contribution >= 4 is 41.8 Å². The monoisotopic (exact) mass is 464 g/mol. The van der Waals surface area contributed by atoms with Gasteiger partial charge in [0.05, 0.1) is 19.1 Å². The Morgan fingerprint density at radius 2 is 2.24 bits per heavy atom. The molecule has 1 aromatic rings. The Morgan fingerprint density at radius 1 is 1.48 bits per heavy atom. The highest BCUT2D eigenvalue weighted by atomic mass is 127. The molecule has 2 rings (SSSR count). The number of halogens is 1. The third-order valence-electron chi connectivity index (χ3n) is 3.88. The fourth-order valence-electron chi connectivity index (χ4n) is 2.73. The first kappa shape index (κ1) is 21.3. The largest absolute Gasteiger partial charge is 0.466 e. The van der Waals surface area contributed by atoms with Gasteiger partial charge in [-0.1, -0.05) is 0 Å². The molecule has 1 amide bonds. The third-order valence-corrected chi connectivity index (χ3v) is 3.88. The van der Waals surface area contributed by atoms with Crippen LogP contribution in [-0.4, -0.2) is 49.5 Å². The van der Waals surface area contributed by atoms with Crippen LogP contribution in [-0.2, 0) is 16.1 Å². The average molecular weight is 464 g/mol. The lowest BCUT2D eigenvalue weighted by Crippen LogP contribution is -2.48. The zero-order valence-electron chi connectivity index (χ0n) is 14.5. The Kier molecular flexibility index (Phi) is 8.73. The first-order valence-corrected chi connectivity index (χ1v) is 8.05. The van der Waals surface area contributed by atoms with Crippen LogP contribution in [0, 0.1) is 5.92 Å². The van der Waals surface area contributed by atoms with E-state index in [0.29, 0.717) is 31.4 Å². The Labute approximate surface area is 164 Å². The van der Waals surface area contributed by atoms with Gasteiger partial charge in [0.2, 0.25) is 0 Å². The predicted octanol–water partition coefficient (Wildman–Crippen LogP) is 1.35. The highest BCUT2D eigenvalue weighted by Gasteiger charge is 2.28. The maximum Gasteiger partial charge on any atom is 0.310 e. The van der Waals surface area contributed by atoms with Crippen molar-refractivity contribution in [1.82, 2.24) is 10.2 Å². The van der Waals surface area contributed by atoms with Gasteiger partial charge >= 0.3 is 5.97 Å². The van der Waals surface area contributed by atoms with E-state index in [1.807, 2.05) is 11.8 Å². The van der Waals surface area contributed by atoms with Gasteiger partial charge < -0.3 is 25.1 Å². The number of hydrogen-bond acceptors (Lipinski definition) is 5. The number of ether oxygens (including phenoxy) is 1. The van der Waals surface area contributed by atoms with Gasteiger partial charge in [-0.05, 0) is 31.9 Å². The topological polar surface area (TPSA) is 110 Å². The maximum atomic E-state index is 11.9. The summed E-state index contributed by atoms with van der Waals surface area (Å²) in [5, 5.41) is 3.18. The second-order valence-electron chi connectivity index (χ2n) is 5.57. The molecular weight excluding hydrogens is 439 g/mol. The van der Waals surface area contributed by atoms with E-state index in [1.165, 1.54) is 0 Å². The number of amides is 1. The van der Waals surface area contributed by atoms with E-state index < -0.39 is 5.91 Å². The molecule has 1 fully saturated rings. The number of guanidine groups is 1. The first-order chi connectivity index (χ1) is 11.5. The van der Waals surface area contributed by atoms with Gasteiger partial charge in [-0.2, -0.15) is 0 Å². The smallest absolute Gasteiger partial charge is 0.310 e. The van der Waals surface area contributed by atoms with Gasteiger partial charge in [-0.15, -0.1) is 24.0 Å². The van der Waals surface area contributed by atoms with Crippen LogP contribution in [0.3, 0.4) is 0 Å². The average Bonchev–Trinajstić information content (AvgIpc) is 3.05. The first-order valence-electron chi connectivity index (χ1n) is 8.05. The molecule has 0 radical (unpaired) electrons. The molecule has 1 aromatic heterocycles. The summed E-state index contributed by atoms with van der Waals surface area (Å²) >= 11 is 0. The molecule has 8 nitrogen and oxygen atoms in total. The molecule has 3 N–H and O–H groups in total. The predicted molar refractivity (Wildman–Crippen MR) is 104 cm³/mol. The van der Waals surface area contributed by atoms with E-state index in [1.54, 1.807) is 19.2 Å². The third kappa shape index (κ3) is 5.91. The lowest BCUT2D eigenvalue weighted by molar-refractivity contribution is -0.149. The molecule has 140 valence electrons. The SMILES string of the molecule is CCOC(=O)C1CCCN(C(=NC)NCc2ccc(C(N)=O)o2)C1.I. The summed E-state index contributed by atoms with van der Waals surface area (Å²) in [5.74, 6) is 0.503. The second kappa shape index (κ2) is 10.3. The number of piperidine rings is 1. The second-order valence-corrected chi connectivity index (χ2v) is 5.57. The van der Waals surface area contributed by atoms with Crippen LogP contribution in [0.15, 0.2) is 21.5 Å². The van der Waals surface area contributed by atoms with Crippen LogP contribution in [0.1, 0.15) is 36.1 Å². The minimum atomic E-state index is -0.598. The molecule has 0 spiro atoms. The molecule has 2 heterocycles. The zero-order valence-corrected chi connectivity index (χ0v) is 16.8. The number of nitrogens with two attached hydrogens (primary N) is 1. The molecule has 0 bridgehead atoms. The summed E-state index contributed by atoms with van der Waals surface area (Å²) in [6, 6.07) is 3.23. The van der Waals surface area contributed by atoms with Gasteiger partial charge in [0, 0.05) is 20.1 Å². The van der Waals surface area contributed by atoms with Crippen molar-refractivity contribution < 1.29 is 18.7 Å². The number of rotatable bonds is 5. The summed E-state index contributed by atoms with van der Waals surface area (Å²) in [7, 11) is 1.69. The number of hydrogen-bond donors (Lipinski definition) is 2. The number of esters is 1. The Hall–Kier alpha value is -1.78. The van der Waals surface area contributed by atoms with Crippen molar-refractivity contribution in [2.75, 3.05) is 26.7 Å². The molecule has 1 aliphatic heterocycles. The van der Waals surface area contributed by atoms with E-state index in [0.717, 1.165) is 19.4 Å². The summed E-state index contributed by atoms with van der Waals surface area (Å²) < 4.78 is 10.4. The maximum absolute atomic E-state index is 11.9. The fraction of sp³-hybridized carbons (Fsp3) is 0.562. The molecule has 25 heavy (non-hydrogen) atoms. The van der Waals surface area contributed by atoms with Crippen LogP contribution in [0.2, 0.25) is 0 Å². The highest BCUT2D eigenvalue weighted by Crippen LogP contribution is 2.18. The summed E-state index contributed by atoms with van der Waals surface area (Å²) in [5.41, 5.74) is 5.17. The fourth-order valence-corrected chi connectivity index (χ4v) is 2.73. The lowest BCUT2D eigenvalue weighted by atomic mass is 9.98. The molecule has 0 aromatic carbocycles. The molecule has 0 saturated carbocycles. The van der Waals surface area contributed by atoms with Gasteiger partial charge in [0.1, 0.15) is 5.76 Å². The molecular formula is C16H25IN4O4. The molecule has 9 heteroatoms. The Morgan fingerprint density at radius 3 is 2.84 bits per heavy atom. The van der Waals surface area contributed by atoms with Crippen LogP contribution < -0.4 is 11.1 Å². The number of nitrogens with one attached hydrogen (secondary N) is 1. The van der Waals surface area contributed by atoms with Crippen molar-refractivity contribution in [2.45, 2.75) is 26.3 Å². The molecule has 0 aliphatic carbocycles. The van der Waals surface area contributed by atoms with Gasteiger partial charge in [-0.3, -0.25) is 14.6 Å².